The maximum absolute atomic E-state index is 6.19. The van der Waals surface area contributed by atoms with E-state index in [4.69, 9.17) is 27.9 Å². The van der Waals surface area contributed by atoms with Crippen molar-refractivity contribution in [3.8, 4) is 0 Å². The highest BCUT2D eigenvalue weighted by molar-refractivity contribution is 9.10. The van der Waals surface area contributed by atoms with Crippen LogP contribution in [0.15, 0.2) is 28.7 Å². The zero-order valence-electron chi connectivity index (χ0n) is 11.5. The van der Waals surface area contributed by atoms with Gasteiger partial charge in [-0.2, -0.15) is 0 Å². The molecule has 0 saturated heterocycles. The van der Waals surface area contributed by atoms with Crippen LogP contribution in [0.5, 0.6) is 0 Å². The topological polar surface area (TPSA) is 9.23 Å². The first-order chi connectivity index (χ1) is 9.04. The highest BCUT2D eigenvalue weighted by Gasteiger charge is 2.30. The molecule has 0 aromatic heterocycles. The van der Waals surface area contributed by atoms with Gasteiger partial charge in [-0.1, -0.05) is 41.9 Å². The molecule has 1 nitrogen and oxygen atoms in total. The molecule has 0 atom stereocenters. The van der Waals surface area contributed by atoms with Crippen LogP contribution in [0.25, 0.3) is 0 Å². The van der Waals surface area contributed by atoms with Crippen molar-refractivity contribution in [1.29, 1.82) is 0 Å². The summed E-state index contributed by atoms with van der Waals surface area (Å²) in [5, 5.41) is 0. The number of benzene rings is 1. The Hall–Kier alpha value is 0.240. The molecule has 0 aliphatic carbocycles. The first-order valence-electron chi connectivity index (χ1n) is 6.50. The Morgan fingerprint density at radius 1 is 1.16 bits per heavy atom. The SMILES string of the molecule is CC(C)COCCC(CCl)(CCl)c1ccc(Br)cc1. The number of rotatable bonds is 8. The number of halogens is 3. The van der Waals surface area contributed by atoms with Gasteiger partial charge in [-0.15, -0.1) is 23.2 Å². The number of alkyl halides is 2. The summed E-state index contributed by atoms with van der Waals surface area (Å²) in [7, 11) is 0. The van der Waals surface area contributed by atoms with Crippen LogP contribution in [0.4, 0.5) is 0 Å². The van der Waals surface area contributed by atoms with Crippen molar-refractivity contribution in [2.24, 2.45) is 5.92 Å². The molecule has 0 aliphatic heterocycles. The van der Waals surface area contributed by atoms with Crippen molar-refractivity contribution in [3.63, 3.8) is 0 Å². The minimum absolute atomic E-state index is 0.208. The molecule has 4 heteroatoms. The van der Waals surface area contributed by atoms with Gasteiger partial charge in [0.2, 0.25) is 0 Å². The lowest BCUT2D eigenvalue weighted by Gasteiger charge is -2.30. The van der Waals surface area contributed by atoms with E-state index in [0.717, 1.165) is 17.5 Å². The molecule has 0 amide bonds. The minimum atomic E-state index is -0.208. The zero-order valence-corrected chi connectivity index (χ0v) is 14.6. The summed E-state index contributed by atoms with van der Waals surface area (Å²) < 4.78 is 6.73. The maximum atomic E-state index is 6.19. The maximum Gasteiger partial charge on any atom is 0.0488 e. The summed E-state index contributed by atoms with van der Waals surface area (Å²) in [6.45, 7) is 5.75. The van der Waals surface area contributed by atoms with Gasteiger partial charge >= 0.3 is 0 Å². The molecule has 0 heterocycles. The van der Waals surface area contributed by atoms with E-state index in [1.165, 1.54) is 5.56 Å². The first-order valence-corrected chi connectivity index (χ1v) is 8.36. The molecule has 0 spiro atoms. The van der Waals surface area contributed by atoms with Crippen LogP contribution in [-0.4, -0.2) is 25.0 Å². The molecule has 1 aromatic carbocycles. The van der Waals surface area contributed by atoms with Crippen molar-refractivity contribution in [2.45, 2.75) is 25.7 Å². The van der Waals surface area contributed by atoms with Crippen molar-refractivity contribution < 1.29 is 4.74 Å². The summed E-state index contributed by atoms with van der Waals surface area (Å²) in [5.74, 6) is 1.56. The van der Waals surface area contributed by atoms with Crippen molar-refractivity contribution in [1.82, 2.24) is 0 Å². The van der Waals surface area contributed by atoms with Gasteiger partial charge in [0.15, 0.2) is 0 Å². The molecule has 0 bridgehead atoms. The summed E-state index contributed by atoms with van der Waals surface area (Å²) in [4.78, 5) is 0. The summed E-state index contributed by atoms with van der Waals surface area (Å²) in [5.41, 5.74) is 0.967. The van der Waals surface area contributed by atoms with E-state index in [1.807, 2.05) is 12.1 Å². The van der Waals surface area contributed by atoms with E-state index < -0.39 is 0 Å². The molecule has 108 valence electrons. The highest BCUT2D eigenvalue weighted by atomic mass is 79.9. The molecule has 0 N–H and O–H groups in total. The van der Waals surface area contributed by atoms with E-state index in [-0.39, 0.29) is 5.41 Å². The third-order valence-electron chi connectivity index (χ3n) is 3.14. The second-order valence-corrected chi connectivity index (χ2v) is 6.72. The average molecular weight is 368 g/mol. The van der Waals surface area contributed by atoms with Gasteiger partial charge in [0.25, 0.3) is 0 Å². The molecule has 19 heavy (non-hydrogen) atoms. The second kappa shape index (κ2) is 8.51. The third-order valence-corrected chi connectivity index (χ3v) is 4.70. The fraction of sp³-hybridized carbons (Fsp3) is 0.600. The van der Waals surface area contributed by atoms with Gasteiger partial charge < -0.3 is 4.74 Å². The van der Waals surface area contributed by atoms with Gasteiger partial charge in [-0.3, -0.25) is 0 Å². The van der Waals surface area contributed by atoms with Crippen LogP contribution in [0.1, 0.15) is 25.8 Å². The Morgan fingerprint density at radius 2 is 1.74 bits per heavy atom. The fourth-order valence-corrected chi connectivity index (χ4v) is 2.98. The summed E-state index contributed by atoms with van der Waals surface area (Å²) in [6, 6.07) is 8.21. The Bertz CT molecular complexity index is 361. The van der Waals surface area contributed by atoms with Crippen LogP contribution in [0.3, 0.4) is 0 Å². The quantitative estimate of drug-likeness (QED) is 0.451. The average Bonchev–Trinajstić information content (AvgIpc) is 2.41. The molecule has 0 fully saturated rings. The smallest absolute Gasteiger partial charge is 0.0488 e. The lowest BCUT2D eigenvalue weighted by molar-refractivity contribution is 0.0970. The number of hydrogen-bond acceptors (Lipinski definition) is 1. The van der Waals surface area contributed by atoms with Crippen LogP contribution in [-0.2, 0) is 10.2 Å². The standard InChI is InChI=1S/C15H21BrCl2O/c1-12(2)9-19-8-7-15(10-17,11-18)13-3-5-14(16)6-4-13/h3-6,12H,7-11H2,1-2H3. The third kappa shape index (κ3) is 5.26. The van der Waals surface area contributed by atoms with Crippen LogP contribution >= 0.6 is 39.1 Å². The summed E-state index contributed by atoms with van der Waals surface area (Å²) >= 11 is 15.8. The number of hydrogen-bond donors (Lipinski definition) is 0. The van der Waals surface area contributed by atoms with E-state index in [2.05, 4.69) is 41.9 Å². The van der Waals surface area contributed by atoms with Gasteiger partial charge in [0, 0.05) is 34.9 Å². The molecule has 0 saturated carbocycles. The molecular formula is C15H21BrCl2O. The fourth-order valence-electron chi connectivity index (χ4n) is 1.86. The Kier molecular flexibility index (Phi) is 7.74. The Morgan fingerprint density at radius 3 is 2.21 bits per heavy atom. The highest BCUT2D eigenvalue weighted by Crippen LogP contribution is 2.32. The lowest BCUT2D eigenvalue weighted by Crippen LogP contribution is -2.32. The van der Waals surface area contributed by atoms with Gasteiger partial charge in [-0.25, -0.2) is 0 Å². The number of ether oxygens (including phenoxy) is 1. The van der Waals surface area contributed by atoms with Gasteiger partial charge in [-0.05, 0) is 30.0 Å². The van der Waals surface area contributed by atoms with Crippen LogP contribution in [0, 0.1) is 5.92 Å². The van der Waals surface area contributed by atoms with Crippen molar-refractivity contribution in [2.75, 3.05) is 25.0 Å². The molecular weight excluding hydrogens is 347 g/mol. The van der Waals surface area contributed by atoms with Gasteiger partial charge in [0.1, 0.15) is 0 Å². The minimum Gasteiger partial charge on any atom is -0.381 e. The second-order valence-electron chi connectivity index (χ2n) is 5.27. The Labute approximate surface area is 134 Å². The molecule has 0 unspecified atom stereocenters. The van der Waals surface area contributed by atoms with Crippen LogP contribution < -0.4 is 0 Å². The van der Waals surface area contributed by atoms with E-state index in [9.17, 15) is 0 Å². The Balaban J connectivity index is 2.70. The normalized spacial score (nSPS) is 12.1. The lowest BCUT2D eigenvalue weighted by atomic mass is 9.81. The van der Waals surface area contributed by atoms with Crippen LogP contribution in [0.2, 0.25) is 0 Å². The molecule has 1 rings (SSSR count). The predicted molar refractivity (Wildman–Crippen MR) is 87.5 cm³/mol. The van der Waals surface area contributed by atoms with E-state index in [1.54, 1.807) is 0 Å². The van der Waals surface area contributed by atoms with Crippen molar-refractivity contribution >= 4 is 39.1 Å². The predicted octanol–water partition coefficient (Wildman–Crippen LogP) is 5.23. The zero-order chi connectivity index (χ0) is 14.3. The van der Waals surface area contributed by atoms with E-state index >= 15 is 0 Å². The largest absolute Gasteiger partial charge is 0.381 e. The van der Waals surface area contributed by atoms with Crippen molar-refractivity contribution in [3.05, 3.63) is 34.3 Å². The summed E-state index contributed by atoms with van der Waals surface area (Å²) in [6.07, 6.45) is 0.842. The first kappa shape index (κ1) is 17.3. The monoisotopic (exact) mass is 366 g/mol. The molecule has 1 aromatic rings. The molecule has 0 aliphatic rings. The molecule has 0 radical (unpaired) electrons. The van der Waals surface area contributed by atoms with Gasteiger partial charge in [0.05, 0.1) is 0 Å². The van der Waals surface area contributed by atoms with E-state index in [0.29, 0.717) is 24.3 Å².